The smallest absolute Gasteiger partial charge is 0.339 e. The highest BCUT2D eigenvalue weighted by Gasteiger charge is 2.25. The first-order valence-electron chi connectivity index (χ1n) is 9.74. The van der Waals surface area contributed by atoms with Gasteiger partial charge in [0.05, 0.1) is 18.9 Å². The Labute approximate surface area is 181 Å². The van der Waals surface area contributed by atoms with E-state index in [2.05, 4.69) is 5.10 Å². The van der Waals surface area contributed by atoms with E-state index in [1.54, 1.807) is 41.2 Å². The molecule has 4 rings (SSSR count). The Hall–Kier alpha value is -3.39. The number of fused-ring (bicyclic) bond motifs is 1. The van der Waals surface area contributed by atoms with Gasteiger partial charge < -0.3 is 8.92 Å². The molecule has 0 saturated carbocycles. The molecular weight excluding hydrogens is 416 g/mol. The van der Waals surface area contributed by atoms with Crippen LogP contribution in [0.2, 0.25) is 0 Å². The van der Waals surface area contributed by atoms with Gasteiger partial charge in [0.1, 0.15) is 4.90 Å². The number of aromatic nitrogens is 2. The Balaban J connectivity index is 1.61. The van der Waals surface area contributed by atoms with Crippen molar-refractivity contribution in [3.8, 4) is 11.5 Å². The largest absolute Gasteiger partial charge is 0.493 e. The molecule has 1 aliphatic rings. The Bertz CT molecular complexity index is 1290. The minimum absolute atomic E-state index is 0.0457. The van der Waals surface area contributed by atoms with Crippen molar-refractivity contribution >= 4 is 22.0 Å². The number of hydrogen-bond acceptors (Lipinski definition) is 6. The van der Waals surface area contributed by atoms with E-state index in [0.29, 0.717) is 23.1 Å². The van der Waals surface area contributed by atoms with E-state index in [1.165, 1.54) is 25.3 Å². The van der Waals surface area contributed by atoms with Crippen LogP contribution in [-0.2, 0) is 23.6 Å². The van der Waals surface area contributed by atoms with Gasteiger partial charge in [0.25, 0.3) is 0 Å². The van der Waals surface area contributed by atoms with Crippen molar-refractivity contribution in [2.75, 3.05) is 7.11 Å². The van der Waals surface area contributed by atoms with Gasteiger partial charge in [-0.1, -0.05) is 23.8 Å². The Morgan fingerprint density at radius 1 is 1.06 bits per heavy atom. The standard InChI is InChI=1S/C23H22N2O5S/c1-15-4-8-18(9-5-15)31(27,28)30-21-11-6-16(13-22(21)29-3)12-17-7-10-20-19(23(17)26)14-24-25(20)2/h4-6,8-9,11-14H,7,10H2,1-3H3/b17-12+. The second kappa shape index (κ2) is 8.03. The maximum absolute atomic E-state index is 12.8. The summed E-state index contributed by atoms with van der Waals surface area (Å²) in [5.74, 6) is 0.292. The number of benzene rings is 2. The van der Waals surface area contributed by atoms with Crippen LogP contribution in [0, 0.1) is 6.92 Å². The number of methoxy groups -OCH3 is 1. The lowest BCUT2D eigenvalue weighted by molar-refractivity contribution is 0.102. The average Bonchev–Trinajstić information content (AvgIpc) is 3.12. The number of Topliss-reactive ketones (excluding diaryl/α,β-unsaturated/α-hetero) is 1. The van der Waals surface area contributed by atoms with Crippen molar-refractivity contribution < 1.29 is 22.1 Å². The van der Waals surface area contributed by atoms with E-state index in [1.807, 2.05) is 14.0 Å². The molecule has 1 heterocycles. The fourth-order valence-electron chi connectivity index (χ4n) is 3.54. The number of ketones is 1. The van der Waals surface area contributed by atoms with Crippen molar-refractivity contribution in [3.63, 3.8) is 0 Å². The molecule has 1 aliphatic carbocycles. The zero-order valence-corrected chi connectivity index (χ0v) is 18.3. The van der Waals surface area contributed by atoms with Gasteiger partial charge in [-0.15, -0.1) is 0 Å². The molecule has 0 radical (unpaired) electrons. The minimum atomic E-state index is -4.00. The van der Waals surface area contributed by atoms with E-state index in [0.717, 1.165) is 17.7 Å². The van der Waals surface area contributed by atoms with Crippen molar-refractivity contribution in [1.29, 1.82) is 0 Å². The summed E-state index contributed by atoms with van der Waals surface area (Å²) in [5, 5.41) is 4.17. The van der Waals surface area contributed by atoms with Gasteiger partial charge >= 0.3 is 10.1 Å². The summed E-state index contributed by atoms with van der Waals surface area (Å²) in [4.78, 5) is 12.8. The molecular formula is C23H22N2O5S. The summed E-state index contributed by atoms with van der Waals surface area (Å²) in [6, 6.07) is 11.3. The van der Waals surface area contributed by atoms with Crippen LogP contribution in [0.3, 0.4) is 0 Å². The van der Waals surface area contributed by atoms with Gasteiger partial charge in [-0.25, -0.2) is 0 Å². The third-order valence-electron chi connectivity index (χ3n) is 5.27. The summed E-state index contributed by atoms with van der Waals surface area (Å²) in [6.45, 7) is 1.87. The Morgan fingerprint density at radius 3 is 2.52 bits per heavy atom. The number of aryl methyl sites for hydroxylation is 2. The Morgan fingerprint density at radius 2 is 1.81 bits per heavy atom. The molecule has 0 amide bonds. The minimum Gasteiger partial charge on any atom is -0.493 e. The van der Waals surface area contributed by atoms with E-state index < -0.39 is 10.1 Å². The lowest BCUT2D eigenvalue weighted by atomic mass is 9.90. The fraction of sp³-hybridized carbons (Fsp3) is 0.217. The van der Waals surface area contributed by atoms with Crippen LogP contribution in [0.15, 0.2) is 59.1 Å². The van der Waals surface area contributed by atoms with Gasteiger partial charge in [-0.2, -0.15) is 13.5 Å². The van der Waals surface area contributed by atoms with Crippen molar-refractivity contribution in [3.05, 3.63) is 76.6 Å². The zero-order valence-electron chi connectivity index (χ0n) is 17.5. The van der Waals surface area contributed by atoms with Crippen molar-refractivity contribution in [2.45, 2.75) is 24.7 Å². The van der Waals surface area contributed by atoms with Crippen LogP contribution in [0.5, 0.6) is 11.5 Å². The fourth-order valence-corrected chi connectivity index (χ4v) is 4.48. The maximum Gasteiger partial charge on any atom is 0.339 e. The summed E-state index contributed by atoms with van der Waals surface area (Å²) in [7, 11) is -0.737. The summed E-state index contributed by atoms with van der Waals surface area (Å²) in [6.07, 6.45) is 4.72. The first-order chi connectivity index (χ1) is 14.8. The van der Waals surface area contributed by atoms with E-state index >= 15 is 0 Å². The first-order valence-corrected chi connectivity index (χ1v) is 11.1. The number of nitrogens with zero attached hydrogens (tertiary/aromatic N) is 2. The lowest BCUT2D eigenvalue weighted by Crippen LogP contribution is -2.15. The normalized spacial score (nSPS) is 15.1. The van der Waals surface area contributed by atoms with Crippen molar-refractivity contribution in [2.24, 2.45) is 7.05 Å². The SMILES string of the molecule is COc1cc(/C=C2\CCc3c(cnn3C)C2=O)ccc1OS(=O)(=O)c1ccc(C)cc1. The first kappa shape index (κ1) is 20.9. The lowest BCUT2D eigenvalue weighted by Gasteiger charge is -2.15. The molecule has 0 bridgehead atoms. The summed E-state index contributed by atoms with van der Waals surface area (Å²) >= 11 is 0. The molecule has 3 aromatic rings. The van der Waals surface area contributed by atoms with Crippen molar-refractivity contribution in [1.82, 2.24) is 9.78 Å². The topological polar surface area (TPSA) is 87.5 Å². The highest BCUT2D eigenvalue weighted by atomic mass is 32.2. The van der Waals surface area contributed by atoms with Gasteiger partial charge in [0, 0.05) is 18.3 Å². The molecule has 0 saturated heterocycles. The van der Waals surface area contributed by atoms with Gasteiger partial charge in [-0.05, 0) is 55.7 Å². The Kier molecular flexibility index (Phi) is 5.41. The second-order valence-electron chi connectivity index (χ2n) is 7.39. The molecule has 0 fully saturated rings. The molecule has 31 heavy (non-hydrogen) atoms. The predicted molar refractivity (Wildman–Crippen MR) is 116 cm³/mol. The van der Waals surface area contributed by atoms with Crippen LogP contribution in [0.1, 0.15) is 33.6 Å². The van der Waals surface area contributed by atoms with E-state index in [4.69, 9.17) is 8.92 Å². The molecule has 2 aromatic carbocycles. The van der Waals surface area contributed by atoms with E-state index in [9.17, 15) is 13.2 Å². The third-order valence-corrected chi connectivity index (χ3v) is 6.52. The molecule has 0 N–H and O–H groups in total. The molecule has 0 unspecified atom stereocenters. The molecule has 0 atom stereocenters. The summed E-state index contributed by atoms with van der Waals surface area (Å²) in [5.41, 5.74) is 3.89. The number of rotatable bonds is 5. The van der Waals surface area contributed by atoms with Crippen LogP contribution in [0.4, 0.5) is 0 Å². The predicted octanol–water partition coefficient (Wildman–Crippen LogP) is 3.72. The van der Waals surface area contributed by atoms with Crippen LogP contribution in [0.25, 0.3) is 6.08 Å². The number of hydrogen-bond donors (Lipinski definition) is 0. The van der Waals surface area contributed by atoms with Crippen LogP contribution in [-0.4, -0.2) is 31.1 Å². The molecule has 0 aliphatic heterocycles. The van der Waals surface area contributed by atoms with Gasteiger partial charge in [0.2, 0.25) is 0 Å². The highest BCUT2D eigenvalue weighted by molar-refractivity contribution is 7.87. The number of carbonyl (C=O) groups excluding carboxylic acids is 1. The number of ether oxygens (including phenoxy) is 1. The second-order valence-corrected chi connectivity index (χ2v) is 8.93. The van der Waals surface area contributed by atoms with E-state index in [-0.39, 0.29) is 22.2 Å². The molecule has 0 spiro atoms. The average molecular weight is 439 g/mol. The monoisotopic (exact) mass is 438 g/mol. The van der Waals surface area contributed by atoms with Gasteiger partial charge in [0.15, 0.2) is 17.3 Å². The third kappa shape index (κ3) is 4.11. The maximum atomic E-state index is 12.8. The van der Waals surface area contributed by atoms with Crippen LogP contribution >= 0.6 is 0 Å². The molecule has 8 heteroatoms. The summed E-state index contributed by atoms with van der Waals surface area (Å²) < 4.78 is 37.6. The number of allylic oxidation sites excluding steroid dienone is 1. The van der Waals surface area contributed by atoms with Gasteiger partial charge in [-0.3, -0.25) is 9.48 Å². The molecule has 1 aromatic heterocycles. The highest BCUT2D eigenvalue weighted by Crippen LogP contribution is 2.33. The quantitative estimate of drug-likeness (QED) is 0.446. The zero-order chi connectivity index (χ0) is 22.2. The molecule has 7 nitrogen and oxygen atoms in total. The number of carbonyl (C=O) groups is 1. The van der Waals surface area contributed by atoms with Crippen LogP contribution < -0.4 is 8.92 Å². The molecule has 160 valence electrons.